The lowest BCUT2D eigenvalue weighted by molar-refractivity contribution is 0.0963. The van der Waals surface area contributed by atoms with E-state index in [1.807, 2.05) is 12.1 Å². The fraction of sp³-hybridized carbons (Fsp3) is 0.364. The van der Waals surface area contributed by atoms with Crippen LogP contribution >= 0.6 is 0 Å². The number of carbonyl (C=O) groups excluding carboxylic acids is 1. The molecule has 16 heavy (non-hydrogen) atoms. The van der Waals surface area contributed by atoms with Gasteiger partial charge in [-0.25, -0.2) is 0 Å². The highest BCUT2D eigenvalue weighted by Gasteiger charge is 2.24. The van der Waals surface area contributed by atoms with Crippen LogP contribution in [0.2, 0.25) is 0 Å². The predicted octanol–water partition coefficient (Wildman–Crippen LogP) is 0.178. The molecule has 1 amide bonds. The molecule has 1 aliphatic rings. The summed E-state index contributed by atoms with van der Waals surface area (Å²) in [7, 11) is 1.33. The van der Waals surface area contributed by atoms with E-state index in [4.69, 9.17) is 9.31 Å². The number of benzene rings is 1. The SMILES string of the molecule is CNC(=O)c1ccc(B2OCCCO2)cc1. The number of carbonyl (C=O) groups is 1. The second kappa shape index (κ2) is 5.14. The van der Waals surface area contributed by atoms with Crippen LogP contribution in [0.25, 0.3) is 0 Å². The van der Waals surface area contributed by atoms with Gasteiger partial charge in [-0.3, -0.25) is 4.79 Å². The summed E-state index contributed by atoms with van der Waals surface area (Å²) in [5, 5.41) is 2.58. The summed E-state index contributed by atoms with van der Waals surface area (Å²) in [6.45, 7) is 1.45. The van der Waals surface area contributed by atoms with Crippen molar-refractivity contribution in [1.29, 1.82) is 0 Å². The van der Waals surface area contributed by atoms with Crippen LogP contribution in [0, 0.1) is 0 Å². The van der Waals surface area contributed by atoms with Crippen molar-refractivity contribution in [3.05, 3.63) is 29.8 Å². The van der Waals surface area contributed by atoms with Gasteiger partial charge in [-0.1, -0.05) is 12.1 Å². The monoisotopic (exact) mass is 219 g/mol. The summed E-state index contributed by atoms with van der Waals surface area (Å²) < 4.78 is 10.9. The van der Waals surface area contributed by atoms with Crippen molar-refractivity contribution in [1.82, 2.24) is 5.32 Å². The Hall–Kier alpha value is -1.33. The minimum atomic E-state index is -0.285. The summed E-state index contributed by atoms with van der Waals surface area (Å²) in [5.41, 5.74) is 1.59. The number of hydrogen-bond donors (Lipinski definition) is 1. The van der Waals surface area contributed by atoms with Crippen molar-refractivity contribution < 1.29 is 14.1 Å². The first kappa shape index (κ1) is 11.2. The average molecular weight is 219 g/mol. The predicted molar refractivity (Wildman–Crippen MR) is 61.7 cm³/mol. The molecule has 1 saturated heterocycles. The van der Waals surface area contributed by atoms with Gasteiger partial charge in [0.05, 0.1) is 0 Å². The lowest BCUT2D eigenvalue weighted by Gasteiger charge is -2.19. The molecule has 4 nitrogen and oxygen atoms in total. The largest absolute Gasteiger partial charge is 0.493 e. The van der Waals surface area contributed by atoms with Crippen molar-refractivity contribution >= 4 is 18.5 Å². The maximum absolute atomic E-state index is 11.3. The zero-order valence-electron chi connectivity index (χ0n) is 9.23. The van der Waals surface area contributed by atoms with Crippen LogP contribution < -0.4 is 10.8 Å². The molecule has 84 valence electrons. The minimum absolute atomic E-state index is 0.0861. The highest BCUT2D eigenvalue weighted by Crippen LogP contribution is 2.03. The third-order valence-corrected chi connectivity index (χ3v) is 2.50. The number of nitrogens with one attached hydrogen (secondary N) is 1. The van der Waals surface area contributed by atoms with Crippen molar-refractivity contribution in [2.75, 3.05) is 20.3 Å². The lowest BCUT2D eigenvalue weighted by Crippen LogP contribution is -2.40. The topological polar surface area (TPSA) is 47.6 Å². The molecule has 0 radical (unpaired) electrons. The van der Waals surface area contributed by atoms with E-state index in [9.17, 15) is 4.79 Å². The van der Waals surface area contributed by atoms with Crippen molar-refractivity contribution in [2.45, 2.75) is 6.42 Å². The Morgan fingerprint density at radius 1 is 1.25 bits per heavy atom. The summed E-state index contributed by atoms with van der Waals surface area (Å²) in [5.74, 6) is -0.0861. The molecule has 1 aromatic carbocycles. The van der Waals surface area contributed by atoms with Gasteiger partial charge in [0.1, 0.15) is 0 Å². The van der Waals surface area contributed by atoms with Crippen molar-refractivity contribution in [3.8, 4) is 0 Å². The molecule has 1 heterocycles. The molecular weight excluding hydrogens is 205 g/mol. The number of rotatable bonds is 2. The van der Waals surface area contributed by atoms with E-state index in [0.29, 0.717) is 5.56 Å². The first-order valence-corrected chi connectivity index (χ1v) is 5.36. The third kappa shape index (κ3) is 2.43. The first-order valence-electron chi connectivity index (χ1n) is 5.36. The molecule has 0 aliphatic carbocycles. The lowest BCUT2D eigenvalue weighted by atomic mass is 9.78. The molecule has 1 aliphatic heterocycles. The van der Waals surface area contributed by atoms with Gasteiger partial charge in [0, 0.05) is 25.8 Å². The molecule has 2 rings (SSSR count). The Labute approximate surface area is 95.1 Å². The van der Waals surface area contributed by atoms with Crippen LogP contribution in [0.5, 0.6) is 0 Å². The van der Waals surface area contributed by atoms with E-state index >= 15 is 0 Å². The van der Waals surface area contributed by atoms with Crippen LogP contribution in [-0.2, 0) is 9.31 Å². The molecule has 0 bridgehead atoms. The number of hydrogen-bond acceptors (Lipinski definition) is 3. The van der Waals surface area contributed by atoms with Crippen LogP contribution in [0.3, 0.4) is 0 Å². The summed E-state index contributed by atoms with van der Waals surface area (Å²) in [6.07, 6.45) is 0.937. The highest BCUT2D eigenvalue weighted by molar-refractivity contribution is 6.61. The Kier molecular flexibility index (Phi) is 3.59. The normalized spacial score (nSPS) is 15.9. The Balaban J connectivity index is 2.09. The fourth-order valence-electron chi connectivity index (χ4n) is 1.62. The van der Waals surface area contributed by atoms with E-state index in [0.717, 1.165) is 25.1 Å². The van der Waals surface area contributed by atoms with E-state index in [2.05, 4.69) is 5.32 Å². The van der Waals surface area contributed by atoms with E-state index in [1.54, 1.807) is 19.2 Å². The smallest absolute Gasteiger partial charge is 0.407 e. The molecule has 0 atom stereocenters. The first-order chi connectivity index (χ1) is 7.81. The summed E-state index contributed by atoms with van der Waals surface area (Å²) in [4.78, 5) is 11.3. The van der Waals surface area contributed by atoms with E-state index in [1.165, 1.54) is 0 Å². The Bertz CT molecular complexity index is 360. The second-order valence-electron chi connectivity index (χ2n) is 3.63. The summed E-state index contributed by atoms with van der Waals surface area (Å²) >= 11 is 0. The highest BCUT2D eigenvalue weighted by atomic mass is 16.6. The van der Waals surface area contributed by atoms with Crippen molar-refractivity contribution in [2.24, 2.45) is 0 Å². The molecule has 0 aromatic heterocycles. The maximum atomic E-state index is 11.3. The van der Waals surface area contributed by atoms with Gasteiger partial charge in [-0.15, -0.1) is 0 Å². The quantitative estimate of drug-likeness (QED) is 0.721. The molecule has 1 aromatic rings. The Morgan fingerprint density at radius 2 is 1.88 bits per heavy atom. The molecule has 0 unspecified atom stereocenters. The fourth-order valence-corrected chi connectivity index (χ4v) is 1.62. The van der Waals surface area contributed by atoms with Crippen LogP contribution in [0.15, 0.2) is 24.3 Å². The second-order valence-corrected chi connectivity index (χ2v) is 3.63. The van der Waals surface area contributed by atoms with Crippen LogP contribution in [-0.4, -0.2) is 33.3 Å². The average Bonchev–Trinajstić information content (AvgIpc) is 2.39. The van der Waals surface area contributed by atoms with E-state index in [-0.39, 0.29) is 13.0 Å². The maximum Gasteiger partial charge on any atom is 0.493 e. The van der Waals surface area contributed by atoms with E-state index < -0.39 is 0 Å². The zero-order valence-corrected chi connectivity index (χ0v) is 9.23. The van der Waals surface area contributed by atoms with Gasteiger partial charge >= 0.3 is 7.12 Å². The van der Waals surface area contributed by atoms with Gasteiger partial charge in [-0.05, 0) is 24.0 Å². The van der Waals surface area contributed by atoms with Gasteiger partial charge in [0.15, 0.2) is 0 Å². The summed E-state index contributed by atoms with van der Waals surface area (Å²) in [6, 6.07) is 7.27. The third-order valence-electron chi connectivity index (χ3n) is 2.50. The number of amides is 1. The molecule has 0 saturated carbocycles. The van der Waals surface area contributed by atoms with Crippen LogP contribution in [0.1, 0.15) is 16.8 Å². The molecule has 1 fully saturated rings. The van der Waals surface area contributed by atoms with Crippen molar-refractivity contribution in [3.63, 3.8) is 0 Å². The molecule has 1 N–H and O–H groups in total. The zero-order chi connectivity index (χ0) is 11.4. The minimum Gasteiger partial charge on any atom is -0.407 e. The standard InChI is InChI=1S/C11H14BNO3/c1-13-11(14)9-3-5-10(6-4-9)12-15-7-2-8-16-12/h3-6H,2,7-8H2,1H3,(H,13,14). The molecular formula is C11H14BNO3. The van der Waals surface area contributed by atoms with Gasteiger partial charge in [0.2, 0.25) is 0 Å². The molecule has 5 heteroatoms. The van der Waals surface area contributed by atoms with Gasteiger partial charge in [0.25, 0.3) is 5.91 Å². The van der Waals surface area contributed by atoms with Gasteiger partial charge in [-0.2, -0.15) is 0 Å². The Morgan fingerprint density at radius 3 is 2.44 bits per heavy atom. The molecule has 0 spiro atoms. The van der Waals surface area contributed by atoms with Gasteiger partial charge < -0.3 is 14.6 Å². The van der Waals surface area contributed by atoms with Crippen LogP contribution in [0.4, 0.5) is 0 Å².